The number of nitrogens with zero attached hydrogens (tertiary/aromatic N) is 1. The van der Waals surface area contributed by atoms with Crippen LogP contribution in [0.25, 0.3) is 0 Å². The highest BCUT2D eigenvalue weighted by Gasteiger charge is 1.90. The Hall–Kier alpha value is -1.05. The Bertz CT molecular complexity index is 193. The third-order valence-corrected chi connectivity index (χ3v) is 1.11. The highest BCUT2D eigenvalue weighted by Crippen LogP contribution is 2.06. The molecule has 1 heterocycles. The lowest BCUT2D eigenvalue weighted by atomic mass is 10.4. The third kappa shape index (κ3) is 1.72. The molecule has 0 saturated heterocycles. The zero-order valence-corrected chi connectivity index (χ0v) is 6.22. The Balaban J connectivity index is 2.69. The predicted octanol–water partition coefficient (Wildman–Crippen LogP) is 1.59. The molecule has 1 rings (SSSR count). The second-order valence-electron chi connectivity index (χ2n) is 1.99. The minimum Gasteiger partial charge on any atom is -0.492 e. The normalized spacial score (nSPS) is 9.40. The van der Waals surface area contributed by atoms with Crippen molar-refractivity contribution in [2.75, 3.05) is 6.61 Å². The molecule has 2 nitrogen and oxygen atoms in total. The van der Waals surface area contributed by atoms with Gasteiger partial charge in [-0.05, 0) is 19.9 Å². The largest absolute Gasteiger partial charge is 0.492 e. The van der Waals surface area contributed by atoms with Gasteiger partial charge in [-0.3, -0.25) is 4.98 Å². The van der Waals surface area contributed by atoms with E-state index in [1.165, 1.54) is 0 Å². The van der Waals surface area contributed by atoms with Gasteiger partial charge < -0.3 is 4.74 Å². The molecule has 53 valence electrons. The first-order chi connectivity index (χ1) is 4.83. The van der Waals surface area contributed by atoms with Gasteiger partial charge in [-0.15, -0.1) is 0 Å². The van der Waals surface area contributed by atoms with E-state index in [1.807, 2.05) is 19.9 Å². The minimum atomic E-state index is 0.668. The zero-order chi connectivity index (χ0) is 7.40. The average molecular weight is 136 g/mol. The summed E-state index contributed by atoms with van der Waals surface area (Å²) >= 11 is 0. The second-order valence-corrected chi connectivity index (χ2v) is 1.99. The molecule has 0 bridgehead atoms. The van der Waals surface area contributed by atoms with Crippen molar-refractivity contribution in [3.8, 4) is 5.75 Å². The SMILES string of the molecule is CCOc1[c]cc(C)nc1. The Morgan fingerprint density at radius 2 is 2.50 bits per heavy atom. The van der Waals surface area contributed by atoms with E-state index >= 15 is 0 Å². The van der Waals surface area contributed by atoms with Crippen molar-refractivity contribution < 1.29 is 4.74 Å². The van der Waals surface area contributed by atoms with Gasteiger partial charge in [-0.2, -0.15) is 0 Å². The number of ether oxygens (including phenoxy) is 1. The predicted molar refractivity (Wildman–Crippen MR) is 39.0 cm³/mol. The first-order valence-electron chi connectivity index (χ1n) is 3.30. The number of pyridine rings is 1. The molecule has 1 aromatic rings. The van der Waals surface area contributed by atoms with E-state index < -0.39 is 0 Å². The van der Waals surface area contributed by atoms with Crippen LogP contribution in [0.2, 0.25) is 0 Å². The van der Waals surface area contributed by atoms with E-state index in [1.54, 1.807) is 6.20 Å². The molecule has 0 N–H and O–H groups in total. The average Bonchev–Trinajstić information content (AvgIpc) is 1.95. The Morgan fingerprint density at radius 3 is 3.00 bits per heavy atom. The first-order valence-corrected chi connectivity index (χ1v) is 3.30. The van der Waals surface area contributed by atoms with Gasteiger partial charge in [0.15, 0.2) is 0 Å². The molecule has 0 aliphatic heterocycles. The first kappa shape index (κ1) is 7.06. The van der Waals surface area contributed by atoms with Crippen LogP contribution in [-0.2, 0) is 0 Å². The van der Waals surface area contributed by atoms with Crippen LogP contribution in [0.5, 0.6) is 5.75 Å². The van der Waals surface area contributed by atoms with E-state index in [4.69, 9.17) is 4.74 Å². The summed E-state index contributed by atoms with van der Waals surface area (Å²) in [4.78, 5) is 4.04. The van der Waals surface area contributed by atoms with Crippen molar-refractivity contribution in [2.45, 2.75) is 13.8 Å². The highest BCUT2D eigenvalue weighted by atomic mass is 16.5. The highest BCUT2D eigenvalue weighted by molar-refractivity contribution is 5.16. The lowest BCUT2D eigenvalue weighted by molar-refractivity contribution is 0.338. The van der Waals surface area contributed by atoms with Gasteiger partial charge >= 0.3 is 0 Å². The maximum atomic E-state index is 5.14. The van der Waals surface area contributed by atoms with E-state index in [0.717, 1.165) is 5.69 Å². The Labute approximate surface area is 60.9 Å². The summed E-state index contributed by atoms with van der Waals surface area (Å²) in [5.41, 5.74) is 0.962. The van der Waals surface area contributed by atoms with Crippen LogP contribution in [0.1, 0.15) is 12.6 Å². The molecular formula is C8H10NO. The molecule has 0 aliphatic carbocycles. The van der Waals surface area contributed by atoms with Gasteiger partial charge in [-0.25, -0.2) is 0 Å². The van der Waals surface area contributed by atoms with Gasteiger partial charge in [-0.1, -0.05) is 0 Å². The van der Waals surface area contributed by atoms with Crippen LogP contribution in [0, 0.1) is 13.0 Å². The zero-order valence-electron chi connectivity index (χ0n) is 6.22. The van der Waals surface area contributed by atoms with Gasteiger partial charge in [0, 0.05) is 11.8 Å². The van der Waals surface area contributed by atoms with Crippen molar-refractivity contribution in [3.05, 3.63) is 24.0 Å². The number of hydrogen-bond acceptors (Lipinski definition) is 2. The van der Waals surface area contributed by atoms with Crippen molar-refractivity contribution in [1.29, 1.82) is 0 Å². The molecule has 1 aromatic heterocycles. The summed E-state index contributed by atoms with van der Waals surface area (Å²) in [6.45, 7) is 4.53. The molecule has 2 heteroatoms. The molecule has 1 radical (unpaired) electrons. The molecule has 0 fully saturated rings. The fraction of sp³-hybridized carbons (Fsp3) is 0.375. The maximum Gasteiger partial charge on any atom is 0.145 e. The fourth-order valence-electron chi connectivity index (χ4n) is 0.645. The number of aromatic nitrogens is 1. The Morgan fingerprint density at radius 1 is 1.70 bits per heavy atom. The summed E-state index contributed by atoms with van der Waals surface area (Å²) in [7, 11) is 0. The monoisotopic (exact) mass is 136 g/mol. The second kappa shape index (κ2) is 3.20. The van der Waals surface area contributed by atoms with Crippen molar-refractivity contribution in [1.82, 2.24) is 4.98 Å². The maximum absolute atomic E-state index is 5.14. The molecule has 0 spiro atoms. The summed E-state index contributed by atoms with van der Waals surface area (Å²) in [6, 6.07) is 4.76. The van der Waals surface area contributed by atoms with Crippen LogP contribution in [0.15, 0.2) is 12.3 Å². The third-order valence-electron chi connectivity index (χ3n) is 1.11. The van der Waals surface area contributed by atoms with Crippen molar-refractivity contribution in [3.63, 3.8) is 0 Å². The number of aryl methyl sites for hydroxylation is 1. The quantitative estimate of drug-likeness (QED) is 0.616. The standard InChI is InChI=1S/C8H10NO/c1-3-10-8-5-4-7(2)9-6-8/h4,6H,3H2,1-2H3. The summed E-state index contributed by atoms with van der Waals surface area (Å²) in [6.07, 6.45) is 1.68. The molecule has 0 aromatic carbocycles. The topological polar surface area (TPSA) is 22.1 Å². The van der Waals surface area contributed by atoms with E-state index in [9.17, 15) is 0 Å². The van der Waals surface area contributed by atoms with Crippen LogP contribution in [0.3, 0.4) is 0 Å². The molecule has 0 unspecified atom stereocenters. The van der Waals surface area contributed by atoms with Crippen LogP contribution in [0.4, 0.5) is 0 Å². The molecule has 0 atom stereocenters. The summed E-state index contributed by atoms with van der Waals surface area (Å²) in [5, 5.41) is 0. The smallest absolute Gasteiger partial charge is 0.145 e. The van der Waals surface area contributed by atoms with Gasteiger partial charge in [0.05, 0.1) is 12.8 Å². The number of rotatable bonds is 2. The van der Waals surface area contributed by atoms with Crippen molar-refractivity contribution in [2.24, 2.45) is 0 Å². The van der Waals surface area contributed by atoms with E-state index in [2.05, 4.69) is 11.1 Å². The molecule has 0 saturated carbocycles. The van der Waals surface area contributed by atoms with Gasteiger partial charge in [0.25, 0.3) is 0 Å². The van der Waals surface area contributed by atoms with Crippen molar-refractivity contribution >= 4 is 0 Å². The lowest BCUT2D eigenvalue weighted by Crippen LogP contribution is -1.92. The van der Waals surface area contributed by atoms with Gasteiger partial charge in [0.1, 0.15) is 5.75 Å². The van der Waals surface area contributed by atoms with Gasteiger partial charge in [0.2, 0.25) is 0 Å². The minimum absolute atomic E-state index is 0.668. The number of hydrogen-bond donors (Lipinski definition) is 0. The molecular weight excluding hydrogens is 126 g/mol. The molecule has 0 aliphatic rings. The molecule has 10 heavy (non-hydrogen) atoms. The van der Waals surface area contributed by atoms with Crippen LogP contribution in [-0.4, -0.2) is 11.6 Å². The van der Waals surface area contributed by atoms with Crippen LogP contribution < -0.4 is 4.74 Å². The van der Waals surface area contributed by atoms with Crippen LogP contribution >= 0.6 is 0 Å². The summed E-state index contributed by atoms with van der Waals surface area (Å²) < 4.78 is 5.14. The van der Waals surface area contributed by atoms with E-state index in [0.29, 0.717) is 12.4 Å². The van der Waals surface area contributed by atoms with E-state index in [-0.39, 0.29) is 0 Å². The Kier molecular flexibility index (Phi) is 2.26. The fourth-order valence-corrected chi connectivity index (χ4v) is 0.645. The molecule has 0 amide bonds. The summed E-state index contributed by atoms with van der Waals surface area (Å²) in [5.74, 6) is 0.716. The lowest BCUT2D eigenvalue weighted by Gasteiger charge is -1.99.